The van der Waals surface area contributed by atoms with E-state index in [1.807, 2.05) is 12.5 Å². The van der Waals surface area contributed by atoms with Gasteiger partial charge in [-0.15, -0.1) is 0 Å². The van der Waals surface area contributed by atoms with Gasteiger partial charge < -0.3 is 9.88 Å². The van der Waals surface area contributed by atoms with Gasteiger partial charge in [-0.3, -0.25) is 0 Å². The van der Waals surface area contributed by atoms with Gasteiger partial charge in [-0.2, -0.15) is 0 Å². The molecule has 1 fully saturated rings. The summed E-state index contributed by atoms with van der Waals surface area (Å²) in [5.41, 5.74) is 1.48. The lowest BCUT2D eigenvalue weighted by Gasteiger charge is -2.34. The SMILES string of the molecule is CC1CCC(n2cncc2CNC(C)(C)C)CC1C. The average molecular weight is 263 g/mol. The highest BCUT2D eigenvalue weighted by molar-refractivity contribution is 5.02. The van der Waals surface area contributed by atoms with Crippen LogP contribution < -0.4 is 5.32 Å². The Morgan fingerprint density at radius 1 is 1.26 bits per heavy atom. The molecule has 1 aliphatic rings. The summed E-state index contributed by atoms with van der Waals surface area (Å²) in [6, 6.07) is 0.644. The van der Waals surface area contributed by atoms with E-state index in [2.05, 4.69) is 49.5 Å². The largest absolute Gasteiger partial charge is 0.330 e. The van der Waals surface area contributed by atoms with Crippen molar-refractivity contribution in [1.82, 2.24) is 14.9 Å². The van der Waals surface area contributed by atoms with Gasteiger partial charge >= 0.3 is 0 Å². The van der Waals surface area contributed by atoms with Crippen molar-refractivity contribution in [3.8, 4) is 0 Å². The lowest BCUT2D eigenvalue weighted by atomic mass is 9.79. The molecule has 3 heteroatoms. The molecule has 1 N–H and O–H groups in total. The van der Waals surface area contributed by atoms with Gasteiger partial charge in [0.05, 0.1) is 12.0 Å². The average Bonchev–Trinajstić information content (AvgIpc) is 2.77. The Balaban J connectivity index is 2.03. The van der Waals surface area contributed by atoms with E-state index in [1.165, 1.54) is 25.0 Å². The summed E-state index contributed by atoms with van der Waals surface area (Å²) in [6.07, 6.45) is 7.97. The molecule has 3 unspecified atom stereocenters. The first-order chi connectivity index (χ1) is 8.87. The highest BCUT2D eigenvalue weighted by Gasteiger charge is 2.26. The van der Waals surface area contributed by atoms with Gasteiger partial charge in [0.1, 0.15) is 0 Å². The van der Waals surface area contributed by atoms with Crippen molar-refractivity contribution >= 4 is 0 Å². The maximum Gasteiger partial charge on any atom is 0.0951 e. The van der Waals surface area contributed by atoms with E-state index >= 15 is 0 Å². The quantitative estimate of drug-likeness (QED) is 0.899. The van der Waals surface area contributed by atoms with E-state index in [9.17, 15) is 0 Å². The van der Waals surface area contributed by atoms with Crippen LogP contribution in [0.25, 0.3) is 0 Å². The van der Waals surface area contributed by atoms with E-state index < -0.39 is 0 Å². The van der Waals surface area contributed by atoms with Crippen LogP contribution in [-0.2, 0) is 6.54 Å². The molecular weight excluding hydrogens is 234 g/mol. The van der Waals surface area contributed by atoms with Crippen LogP contribution in [-0.4, -0.2) is 15.1 Å². The predicted molar refractivity (Wildman–Crippen MR) is 80.0 cm³/mol. The fourth-order valence-electron chi connectivity index (χ4n) is 2.93. The Kier molecular flexibility index (Phi) is 4.34. The van der Waals surface area contributed by atoms with E-state index in [0.717, 1.165) is 18.4 Å². The van der Waals surface area contributed by atoms with Crippen molar-refractivity contribution in [2.75, 3.05) is 0 Å². The lowest BCUT2D eigenvalue weighted by molar-refractivity contribution is 0.207. The van der Waals surface area contributed by atoms with Crippen LogP contribution in [0.5, 0.6) is 0 Å². The maximum atomic E-state index is 4.37. The minimum atomic E-state index is 0.156. The molecule has 0 amide bonds. The molecule has 0 radical (unpaired) electrons. The topological polar surface area (TPSA) is 29.9 Å². The first kappa shape index (κ1) is 14.6. The Hall–Kier alpha value is -0.830. The van der Waals surface area contributed by atoms with Crippen molar-refractivity contribution in [1.29, 1.82) is 0 Å². The summed E-state index contributed by atoms with van der Waals surface area (Å²) in [4.78, 5) is 4.37. The number of hydrogen-bond acceptors (Lipinski definition) is 2. The fraction of sp³-hybridized carbons (Fsp3) is 0.812. The Morgan fingerprint density at radius 2 is 2.00 bits per heavy atom. The number of rotatable bonds is 3. The number of hydrogen-bond donors (Lipinski definition) is 1. The number of nitrogens with zero attached hydrogens (tertiary/aromatic N) is 2. The smallest absolute Gasteiger partial charge is 0.0951 e. The molecule has 3 atom stereocenters. The second-order valence-electron chi connectivity index (χ2n) is 7.32. The molecule has 0 aliphatic heterocycles. The van der Waals surface area contributed by atoms with E-state index in [1.54, 1.807) is 0 Å². The van der Waals surface area contributed by atoms with Crippen LogP contribution in [0.4, 0.5) is 0 Å². The van der Waals surface area contributed by atoms with Gasteiger partial charge in [-0.05, 0) is 51.9 Å². The van der Waals surface area contributed by atoms with E-state index in [-0.39, 0.29) is 5.54 Å². The highest BCUT2D eigenvalue weighted by atomic mass is 15.1. The summed E-state index contributed by atoms with van der Waals surface area (Å²) in [5.74, 6) is 1.69. The Labute approximate surface area is 117 Å². The van der Waals surface area contributed by atoms with Crippen molar-refractivity contribution in [3.63, 3.8) is 0 Å². The summed E-state index contributed by atoms with van der Waals surface area (Å²) < 4.78 is 2.40. The Morgan fingerprint density at radius 3 is 2.63 bits per heavy atom. The number of aromatic nitrogens is 2. The summed E-state index contributed by atoms with van der Waals surface area (Å²) in [6.45, 7) is 12.3. The number of nitrogens with one attached hydrogen (secondary N) is 1. The van der Waals surface area contributed by atoms with Gasteiger partial charge in [0.15, 0.2) is 0 Å². The molecule has 0 bridgehead atoms. The lowest BCUT2D eigenvalue weighted by Crippen LogP contribution is -2.36. The van der Waals surface area contributed by atoms with E-state index in [4.69, 9.17) is 0 Å². The van der Waals surface area contributed by atoms with Gasteiger partial charge in [0.2, 0.25) is 0 Å². The van der Waals surface area contributed by atoms with Crippen molar-refractivity contribution in [3.05, 3.63) is 18.2 Å². The zero-order valence-electron chi connectivity index (χ0n) is 13.1. The van der Waals surface area contributed by atoms with Crippen LogP contribution in [0.1, 0.15) is 65.6 Å². The van der Waals surface area contributed by atoms with Gasteiger partial charge in [0.25, 0.3) is 0 Å². The molecule has 19 heavy (non-hydrogen) atoms. The van der Waals surface area contributed by atoms with E-state index in [0.29, 0.717) is 6.04 Å². The van der Waals surface area contributed by atoms with Crippen LogP contribution in [0.3, 0.4) is 0 Å². The number of imidazole rings is 1. The first-order valence-electron chi connectivity index (χ1n) is 7.62. The molecule has 1 aromatic rings. The highest BCUT2D eigenvalue weighted by Crippen LogP contribution is 2.36. The minimum absolute atomic E-state index is 0.156. The molecule has 0 saturated heterocycles. The predicted octanol–water partition coefficient (Wildman–Crippen LogP) is 3.77. The monoisotopic (exact) mass is 263 g/mol. The zero-order valence-corrected chi connectivity index (χ0v) is 13.1. The molecule has 3 nitrogen and oxygen atoms in total. The molecule has 108 valence electrons. The van der Waals surface area contributed by atoms with Gasteiger partial charge in [-0.1, -0.05) is 13.8 Å². The molecule has 1 aliphatic carbocycles. The van der Waals surface area contributed by atoms with Crippen LogP contribution >= 0.6 is 0 Å². The third kappa shape index (κ3) is 3.82. The van der Waals surface area contributed by atoms with Crippen LogP contribution in [0, 0.1) is 11.8 Å². The van der Waals surface area contributed by atoms with Crippen molar-refractivity contribution in [2.45, 2.75) is 72.0 Å². The first-order valence-corrected chi connectivity index (χ1v) is 7.62. The molecule has 0 aromatic carbocycles. The third-order valence-electron chi connectivity index (χ3n) is 4.51. The maximum absolute atomic E-state index is 4.37. The molecule has 2 rings (SSSR count). The summed E-state index contributed by atoms with van der Waals surface area (Å²) >= 11 is 0. The minimum Gasteiger partial charge on any atom is -0.330 e. The van der Waals surface area contributed by atoms with Crippen molar-refractivity contribution in [2.24, 2.45) is 11.8 Å². The van der Waals surface area contributed by atoms with Crippen molar-refractivity contribution < 1.29 is 0 Å². The molecule has 0 spiro atoms. The van der Waals surface area contributed by atoms with Gasteiger partial charge in [0, 0.05) is 24.3 Å². The molecule has 1 aromatic heterocycles. The normalized spacial score (nSPS) is 28.6. The molecule has 1 saturated carbocycles. The summed E-state index contributed by atoms with van der Waals surface area (Å²) in [7, 11) is 0. The fourth-order valence-corrected chi connectivity index (χ4v) is 2.93. The third-order valence-corrected chi connectivity index (χ3v) is 4.51. The molecular formula is C16H29N3. The summed E-state index contributed by atoms with van der Waals surface area (Å²) in [5, 5.41) is 3.56. The molecule has 1 heterocycles. The van der Waals surface area contributed by atoms with Crippen LogP contribution in [0.15, 0.2) is 12.5 Å². The zero-order chi connectivity index (χ0) is 14.0. The van der Waals surface area contributed by atoms with Gasteiger partial charge in [-0.25, -0.2) is 4.98 Å². The second kappa shape index (κ2) is 5.66. The second-order valence-corrected chi connectivity index (χ2v) is 7.32. The Bertz CT molecular complexity index is 402. The van der Waals surface area contributed by atoms with Crippen LogP contribution in [0.2, 0.25) is 0 Å². The standard InChI is InChI=1S/C16H29N3/c1-12-6-7-14(8-13(12)2)19-11-17-9-15(19)10-18-16(3,4)5/h9,11-14,18H,6-8,10H2,1-5H3.